The van der Waals surface area contributed by atoms with E-state index in [2.05, 4.69) is 19.1 Å². The number of nitrogens with zero attached hydrogens (tertiary/aromatic N) is 1. The molecular weight excluding hydrogens is 248 g/mol. The summed E-state index contributed by atoms with van der Waals surface area (Å²) in [4.78, 5) is 16.4. The molecular formula is C13H20N2O2S. The van der Waals surface area contributed by atoms with Gasteiger partial charge < -0.3 is 15.4 Å². The number of rotatable bonds is 4. The molecule has 2 unspecified atom stereocenters. The lowest BCUT2D eigenvalue weighted by Gasteiger charge is -2.39. The van der Waals surface area contributed by atoms with E-state index in [0.29, 0.717) is 19.6 Å². The van der Waals surface area contributed by atoms with Crippen molar-refractivity contribution in [2.75, 3.05) is 20.3 Å². The fourth-order valence-electron chi connectivity index (χ4n) is 2.41. The van der Waals surface area contributed by atoms with Crippen LogP contribution < -0.4 is 5.73 Å². The highest BCUT2D eigenvalue weighted by Gasteiger charge is 2.35. The van der Waals surface area contributed by atoms with Gasteiger partial charge in [-0.3, -0.25) is 4.79 Å². The van der Waals surface area contributed by atoms with Gasteiger partial charge >= 0.3 is 0 Å². The first kappa shape index (κ1) is 13.5. The molecule has 0 saturated carbocycles. The fourth-order valence-corrected chi connectivity index (χ4v) is 3.47. The average Bonchev–Trinajstić information content (AvgIpc) is 2.76. The van der Waals surface area contributed by atoms with Crippen LogP contribution in [0.3, 0.4) is 0 Å². The van der Waals surface area contributed by atoms with Crippen LogP contribution in [0.5, 0.6) is 0 Å². The number of aryl methyl sites for hydroxylation is 1. The molecule has 1 saturated heterocycles. The molecule has 0 spiro atoms. The van der Waals surface area contributed by atoms with Crippen molar-refractivity contribution in [1.82, 2.24) is 4.90 Å². The summed E-state index contributed by atoms with van der Waals surface area (Å²) in [5.74, 6) is 0.185. The number of hydrogen-bond donors (Lipinski definition) is 1. The van der Waals surface area contributed by atoms with Gasteiger partial charge in [0.15, 0.2) is 0 Å². The molecule has 5 heteroatoms. The molecule has 1 aromatic rings. The highest BCUT2D eigenvalue weighted by atomic mass is 32.1. The number of ether oxygens (including phenoxy) is 1. The van der Waals surface area contributed by atoms with Gasteiger partial charge in [-0.15, -0.1) is 11.3 Å². The number of hydrogen-bond acceptors (Lipinski definition) is 4. The number of nitrogens with two attached hydrogens (primary N) is 1. The van der Waals surface area contributed by atoms with E-state index in [1.807, 2.05) is 4.90 Å². The first-order valence-electron chi connectivity index (χ1n) is 6.24. The Hall–Kier alpha value is -0.910. The Morgan fingerprint density at radius 1 is 1.56 bits per heavy atom. The lowest BCUT2D eigenvalue weighted by molar-refractivity contribution is -0.138. The van der Waals surface area contributed by atoms with Gasteiger partial charge in [-0.2, -0.15) is 0 Å². The topological polar surface area (TPSA) is 55.6 Å². The van der Waals surface area contributed by atoms with E-state index < -0.39 is 0 Å². The summed E-state index contributed by atoms with van der Waals surface area (Å²) in [5.41, 5.74) is 6.22. The number of carbonyl (C=O) groups excluding carboxylic acids is 1. The first-order chi connectivity index (χ1) is 8.63. The molecule has 1 fully saturated rings. The SMILES string of the molecule is COCCN1C(=O)CCC(N)C1c1ccc(C)s1. The Bertz CT molecular complexity index is 419. The smallest absolute Gasteiger partial charge is 0.223 e. The summed E-state index contributed by atoms with van der Waals surface area (Å²) in [6.07, 6.45) is 1.32. The highest BCUT2D eigenvalue weighted by Crippen LogP contribution is 2.34. The molecule has 1 aliphatic rings. The number of piperidine rings is 1. The van der Waals surface area contributed by atoms with Gasteiger partial charge in [-0.1, -0.05) is 0 Å². The van der Waals surface area contributed by atoms with Crippen LogP contribution in [0.1, 0.15) is 28.6 Å². The summed E-state index contributed by atoms with van der Waals surface area (Å²) in [5, 5.41) is 0. The minimum atomic E-state index is 0.0140. The van der Waals surface area contributed by atoms with E-state index in [9.17, 15) is 4.79 Å². The molecule has 0 bridgehead atoms. The van der Waals surface area contributed by atoms with Crippen LogP contribution in [0.15, 0.2) is 12.1 Å². The predicted molar refractivity (Wildman–Crippen MR) is 72.6 cm³/mol. The van der Waals surface area contributed by atoms with E-state index in [1.165, 1.54) is 9.75 Å². The molecule has 2 atom stereocenters. The van der Waals surface area contributed by atoms with Crippen LogP contribution in [0, 0.1) is 6.92 Å². The van der Waals surface area contributed by atoms with Gasteiger partial charge in [0.25, 0.3) is 0 Å². The molecule has 100 valence electrons. The second-order valence-corrected chi connectivity index (χ2v) is 6.00. The molecule has 1 aliphatic heterocycles. The average molecular weight is 268 g/mol. The molecule has 0 aromatic carbocycles. The first-order valence-corrected chi connectivity index (χ1v) is 7.05. The Morgan fingerprint density at radius 3 is 2.94 bits per heavy atom. The standard InChI is InChI=1S/C13H20N2O2S/c1-9-3-5-11(18-9)13-10(14)4-6-12(16)15(13)7-8-17-2/h3,5,10,13H,4,6-8,14H2,1-2H3. The third kappa shape index (κ3) is 2.74. The van der Waals surface area contributed by atoms with Crippen molar-refractivity contribution in [1.29, 1.82) is 0 Å². The highest BCUT2D eigenvalue weighted by molar-refractivity contribution is 7.12. The molecule has 18 heavy (non-hydrogen) atoms. The molecule has 4 nitrogen and oxygen atoms in total. The van der Waals surface area contributed by atoms with Crippen molar-refractivity contribution < 1.29 is 9.53 Å². The van der Waals surface area contributed by atoms with Gasteiger partial charge in [-0.05, 0) is 25.5 Å². The second-order valence-electron chi connectivity index (χ2n) is 4.68. The lowest BCUT2D eigenvalue weighted by Crippen LogP contribution is -2.49. The van der Waals surface area contributed by atoms with Gasteiger partial charge in [-0.25, -0.2) is 0 Å². The van der Waals surface area contributed by atoms with E-state index in [-0.39, 0.29) is 18.0 Å². The van der Waals surface area contributed by atoms with Crippen LogP contribution >= 0.6 is 11.3 Å². The summed E-state index contributed by atoms with van der Waals surface area (Å²) in [6, 6.07) is 4.21. The zero-order valence-electron chi connectivity index (χ0n) is 10.9. The lowest BCUT2D eigenvalue weighted by atomic mass is 9.95. The van der Waals surface area contributed by atoms with Crippen molar-refractivity contribution in [3.05, 3.63) is 21.9 Å². The van der Waals surface area contributed by atoms with Crippen molar-refractivity contribution in [2.45, 2.75) is 31.8 Å². The number of amides is 1. The monoisotopic (exact) mass is 268 g/mol. The summed E-state index contributed by atoms with van der Waals surface area (Å²) < 4.78 is 5.09. The molecule has 2 N–H and O–H groups in total. The molecule has 2 rings (SSSR count). The van der Waals surface area contributed by atoms with Gasteiger partial charge in [0.2, 0.25) is 5.91 Å². The molecule has 0 radical (unpaired) electrons. The van der Waals surface area contributed by atoms with E-state index in [4.69, 9.17) is 10.5 Å². The van der Waals surface area contributed by atoms with E-state index in [0.717, 1.165) is 6.42 Å². The predicted octanol–water partition coefficient (Wildman–Crippen LogP) is 1.69. The molecule has 1 amide bonds. The van der Waals surface area contributed by atoms with Crippen LogP contribution in [-0.4, -0.2) is 37.1 Å². The van der Waals surface area contributed by atoms with Crippen molar-refractivity contribution in [3.63, 3.8) is 0 Å². The van der Waals surface area contributed by atoms with Crippen LogP contribution in [0.4, 0.5) is 0 Å². The van der Waals surface area contributed by atoms with Gasteiger partial charge in [0.1, 0.15) is 0 Å². The molecule has 1 aromatic heterocycles. The summed E-state index contributed by atoms with van der Waals surface area (Å²) in [7, 11) is 1.65. The fraction of sp³-hybridized carbons (Fsp3) is 0.615. The quantitative estimate of drug-likeness (QED) is 0.904. The van der Waals surface area contributed by atoms with Crippen molar-refractivity contribution in [3.8, 4) is 0 Å². The Balaban J connectivity index is 2.22. The number of methoxy groups -OCH3 is 1. The normalized spacial score (nSPS) is 24.6. The van der Waals surface area contributed by atoms with Crippen molar-refractivity contribution in [2.24, 2.45) is 5.73 Å². The second kappa shape index (κ2) is 5.82. The number of carbonyl (C=O) groups is 1. The third-order valence-corrected chi connectivity index (χ3v) is 4.41. The Kier molecular flexibility index (Phi) is 4.37. The molecule has 2 heterocycles. The van der Waals surface area contributed by atoms with Crippen LogP contribution in [0.25, 0.3) is 0 Å². The van der Waals surface area contributed by atoms with Gasteiger partial charge in [0, 0.05) is 35.9 Å². The maximum absolute atomic E-state index is 12.1. The summed E-state index contributed by atoms with van der Waals surface area (Å²) >= 11 is 1.72. The van der Waals surface area contributed by atoms with Gasteiger partial charge in [0.05, 0.1) is 12.6 Å². The summed E-state index contributed by atoms with van der Waals surface area (Å²) in [6.45, 7) is 3.24. The zero-order valence-corrected chi connectivity index (χ0v) is 11.7. The maximum atomic E-state index is 12.1. The number of thiophene rings is 1. The largest absolute Gasteiger partial charge is 0.383 e. The van der Waals surface area contributed by atoms with Crippen molar-refractivity contribution >= 4 is 17.2 Å². The minimum absolute atomic E-state index is 0.0140. The Labute approximate surface area is 112 Å². The minimum Gasteiger partial charge on any atom is -0.383 e. The van der Waals surface area contributed by atoms with Crippen LogP contribution in [0.2, 0.25) is 0 Å². The maximum Gasteiger partial charge on any atom is 0.223 e. The zero-order chi connectivity index (χ0) is 13.1. The van der Waals surface area contributed by atoms with E-state index >= 15 is 0 Å². The van der Waals surface area contributed by atoms with Crippen LogP contribution in [-0.2, 0) is 9.53 Å². The molecule has 0 aliphatic carbocycles. The number of likely N-dealkylation sites (tertiary alicyclic amines) is 1. The Morgan fingerprint density at radius 2 is 2.33 bits per heavy atom. The third-order valence-electron chi connectivity index (χ3n) is 3.34. The van der Waals surface area contributed by atoms with E-state index in [1.54, 1.807) is 18.4 Å².